The van der Waals surface area contributed by atoms with E-state index >= 15 is 0 Å². The highest BCUT2D eigenvalue weighted by molar-refractivity contribution is 9.10. The molecule has 0 aromatic heterocycles. The van der Waals surface area contributed by atoms with E-state index in [0.29, 0.717) is 4.47 Å². The fourth-order valence-electron chi connectivity index (χ4n) is 1.18. The van der Waals surface area contributed by atoms with Crippen LogP contribution in [0.2, 0.25) is 0 Å². The van der Waals surface area contributed by atoms with Crippen molar-refractivity contribution in [3.63, 3.8) is 0 Å². The molecule has 1 heterocycles. The Morgan fingerprint density at radius 3 is 2.87 bits per heavy atom. The number of benzene rings is 1. The minimum absolute atomic E-state index is 0.220. The number of nitrogens with zero attached hydrogens (tertiary/aromatic N) is 1. The molecule has 1 aromatic rings. The molecule has 15 heavy (non-hydrogen) atoms. The highest BCUT2D eigenvalue weighted by atomic mass is 79.9. The standard InChI is InChI=1S/C12H17BrN2/c1-9-7-15(8-10(2)14-9)12-5-3-4-11(13)6-12/h3-6,9-10,14H,7-8H2,1-2H3/i1D3,2D3,7D2,8D2,9D,10D. The van der Waals surface area contributed by atoms with Gasteiger partial charge in [-0.1, -0.05) is 22.0 Å². The van der Waals surface area contributed by atoms with Crippen molar-refractivity contribution in [3.8, 4) is 0 Å². The lowest BCUT2D eigenvalue weighted by atomic mass is 10.1. The Kier molecular flexibility index (Phi) is 1.05. The molecule has 0 aliphatic carbocycles. The van der Waals surface area contributed by atoms with E-state index < -0.39 is 38.7 Å². The van der Waals surface area contributed by atoms with Crippen LogP contribution in [0.4, 0.5) is 5.69 Å². The van der Waals surface area contributed by atoms with Crippen molar-refractivity contribution < 1.29 is 16.4 Å². The number of halogens is 1. The van der Waals surface area contributed by atoms with Gasteiger partial charge in [0.15, 0.2) is 0 Å². The van der Waals surface area contributed by atoms with Gasteiger partial charge in [0.2, 0.25) is 0 Å². The van der Waals surface area contributed by atoms with Crippen molar-refractivity contribution in [1.29, 1.82) is 0 Å². The molecule has 3 heteroatoms. The molecule has 1 fully saturated rings. The molecule has 0 radical (unpaired) electrons. The van der Waals surface area contributed by atoms with Gasteiger partial charge in [0, 0.05) is 46.2 Å². The van der Waals surface area contributed by atoms with Gasteiger partial charge in [-0.05, 0) is 31.9 Å². The maximum atomic E-state index is 8.30. The molecule has 2 unspecified atom stereocenters. The van der Waals surface area contributed by atoms with Crippen LogP contribution in [-0.2, 0) is 0 Å². The molecule has 82 valence electrons. The summed E-state index contributed by atoms with van der Waals surface area (Å²) in [7, 11) is 0. The molecule has 1 aliphatic heterocycles. The highest BCUT2D eigenvalue weighted by Crippen LogP contribution is 2.21. The maximum Gasteiger partial charge on any atom is 0.0509 e. The predicted molar refractivity (Wildman–Crippen MR) is 68.4 cm³/mol. The summed E-state index contributed by atoms with van der Waals surface area (Å²) in [5.74, 6) is 0. The lowest BCUT2D eigenvalue weighted by Crippen LogP contribution is -2.54. The molecule has 0 saturated carbocycles. The maximum absolute atomic E-state index is 8.30. The number of hydrogen-bond donors (Lipinski definition) is 1. The molecule has 0 bridgehead atoms. The fraction of sp³-hybridized carbons (Fsp3) is 0.500. The van der Waals surface area contributed by atoms with E-state index in [9.17, 15) is 0 Å². The molecule has 0 amide bonds. The average Bonchev–Trinajstić information content (AvgIpc) is 2.42. The topological polar surface area (TPSA) is 15.3 Å². The quantitative estimate of drug-likeness (QED) is 0.851. The van der Waals surface area contributed by atoms with E-state index in [1.807, 2.05) is 0 Å². The highest BCUT2D eigenvalue weighted by Gasteiger charge is 2.20. The van der Waals surface area contributed by atoms with Gasteiger partial charge >= 0.3 is 0 Å². The summed E-state index contributed by atoms with van der Waals surface area (Å²) in [5.41, 5.74) is -0.220. The van der Waals surface area contributed by atoms with Crippen LogP contribution in [-0.4, -0.2) is 25.0 Å². The van der Waals surface area contributed by atoms with E-state index in [2.05, 4.69) is 15.9 Å². The third kappa shape index (κ3) is 2.73. The number of anilines is 1. The number of nitrogens with one attached hydrogen (secondary N) is 1. The third-order valence-electron chi connectivity index (χ3n) is 1.76. The zero-order valence-corrected chi connectivity index (χ0v) is 9.22. The molecular weight excluding hydrogens is 252 g/mol. The SMILES string of the molecule is [2H]C([2H])([2H])C1([2H])NC([2H])(C([2H])([2H])[2H])C([2H])([2H])N(c2cccc(Br)c2)C1([2H])[2H]. The molecule has 2 nitrogen and oxygen atoms in total. The largest absolute Gasteiger partial charge is 0.368 e. The van der Waals surface area contributed by atoms with E-state index in [4.69, 9.17) is 16.4 Å². The molecule has 1 aliphatic rings. The summed E-state index contributed by atoms with van der Waals surface area (Å²) in [6, 6.07) is -1.18. The van der Waals surface area contributed by atoms with Gasteiger partial charge < -0.3 is 10.2 Å². The van der Waals surface area contributed by atoms with Gasteiger partial charge in [-0.2, -0.15) is 0 Å². The third-order valence-corrected chi connectivity index (χ3v) is 2.26. The number of hydrogen-bond acceptors (Lipinski definition) is 2. The van der Waals surface area contributed by atoms with Crippen molar-refractivity contribution >= 4 is 21.6 Å². The Morgan fingerprint density at radius 1 is 1.53 bits per heavy atom. The Balaban J connectivity index is 2.89. The zero-order chi connectivity index (χ0) is 21.3. The van der Waals surface area contributed by atoms with E-state index in [1.165, 1.54) is 18.2 Å². The Bertz CT molecular complexity index is 694. The van der Waals surface area contributed by atoms with Crippen molar-refractivity contribution in [2.24, 2.45) is 0 Å². The van der Waals surface area contributed by atoms with Crippen molar-refractivity contribution in [1.82, 2.24) is 5.32 Å². The van der Waals surface area contributed by atoms with Crippen molar-refractivity contribution in [2.75, 3.05) is 17.9 Å². The summed E-state index contributed by atoms with van der Waals surface area (Å²) >= 11 is 3.14. The molecule has 0 spiro atoms. The normalized spacial score (nSPS) is 56.7. The van der Waals surface area contributed by atoms with Gasteiger partial charge in [0.25, 0.3) is 0 Å². The smallest absolute Gasteiger partial charge is 0.0509 e. The summed E-state index contributed by atoms with van der Waals surface area (Å²) in [5, 5.41) is 1.69. The Labute approximate surface area is 117 Å². The van der Waals surface area contributed by atoms with Crippen molar-refractivity contribution in [3.05, 3.63) is 28.7 Å². The number of rotatable bonds is 1. The van der Waals surface area contributed by atoms with Gasteiger partial charge in [-0.3, -0.25) is 0 Å². The van der Waals surface area contributed by atoms with E-state index in [1.54, 1.807) is 11.4 Å². The van der Waals surface area contributed by atoms with Crippen LogP contribution < -0.4 is 10.2 Å². The minimum Gasteiger partial charge on any atom is -0.368 e. The second-order valence-corrected chi connectivity index (χ2v) is 3.83. The van der Waals surface area contributed by atoms with Gasteiger partial charge in [-0.15, -0.1) is 0 Å². The van der Waals surface area contributed by atoms with Gasteiger partial charge in [-0.25, -0.2) is 0 Å². The lowest BCUT2D eigenvalue weighted by molar-refractivity contribution is 0.407. The van der Waals surface area contributed by atoms with Gasteiger partial charge in [0.05, 0.1) is 5.48 Å². The van der Waals surface area contributed by atoms with E-state index in [-0.39, 0.29) is 10.6 Å². The van der Waals surface area contributed by atoms with Crippen LogP contribution in [0.5, 0.6) is 0 Å². The second-order valence-electron chi connectivity index (χ2n) is 2.91. The Morgan fingerprint density at radius 2 is 2.27 bits per heavy atom. The first kappa shape index (κ1) is 3.47. The molecule has 1 N–H and O–H groups in total. The lowest BCUT2D eigenvalue weighted by Gasteiger charge is -2.37. The molecule has 1 saturated heterocycles. The summed E-state index contributed by atoms with van der Waals surface area (Å²) in [6.07, 6.45) is 0. The predicted octanol–water partition coefficient (Wildman–Crippen LogP) is 2.64. The average molecular weight is 281 g/mol. The van der Waals surface area contributed by atoms with Gasteiger partial charge in [0.1, 0.15) is 0 Å². The summed E-state index contributed by atoms with van der Waals surface area (Å²) in [4.78, 5) is 0.250. The molecule has 2 atom stereocenters. The minimum atomic E-state index is -3.42. The summed E-state index contributed by atoms with van der Waals surface area (Å²) < 4.78 is 95.8. The first-order valence-electron chi connectivity index (χ1n) is 10.2. The molecule has 2 rings (SSSR count). The van der Waals surface area contributed by atoms with Crippen LogP contribution in [0.25, 0.3) is 0 Å². The molecular formula is C12H17BrN2. The first-order valence-corrected chi connectivity index (χ1v) is 4.97. The Hall–Kier alpha value is -0.540. The number of piperazine rings is 1. The fourth-order valence-corrected chi connectivity index (χ4v) is 1.56. The van der Waals surface area contributed by atoms with Crippen molar-refractivity contribution in [2.45, 2.75) is 25.7 Å². The second kappa shape index (κ2) is 4.54. The summed E-state index contributed by atoms with van der Waals surface area (Å²) in [6.45, 7) is -13.3. The van der Waals surface area contributed by atoms with Crippen LogP contribution in [0.3, 0.4) is 0 Å². The van der Waals surface area contributed by atoms with E-state index in [0.717, 1.165) is 0 Å². The zero-order valence-electron chi connectivity index (χ0n) is 19.6. The van der Waals surface area contributed by atoms with Crippen LogP contribution in [0.1, 0.15) is 30.2 Å². The van der Waals surface area contributed by atoms with Crippen LogP contribution >= 0.6 is 15.9 Å². The monoisotopic (exact) mass is 280 g/mol. The first-order chi connectivity index (χ1) is 11.8. The van der Waals surface area contributed by atoms with Crippen LogP contribution in [0.15, 0.2) is 28.7 Å². The molecule has 1 aromatic carbocycles. The van der Waals surface area contributed by atoms with Crippen LogP contribution in [0, 0.1) is 0 Å².